The Bertz CT molecular complexity index is 1220. The largest absolute Gasteiger partial charge is 0.493 e. The molecule has 0 saturated carbocycles. The van der Waals surface area contributed by atoms with E-state index in [1.807, 2.05) is 24.3 Å². The van der Waals surface area contributed by atoms with Crippen LogP contribution < -0.4 is 14.8 Å². The molecule has 0 atom stereocenters. The Kier molecular flexibility index (Phi) is 8.33. The van der Waals surface area contributed by atoms with Crippen molar-refractivity contribution in [3.8, 4) is 28.9 Å². The fourth-order valence-corrected chi connectivity index (χ4v) is 3.31. The molecule has 8 nitrogen and oxygen atoms in total. The minimum Gasteiger partial charge on any atom is -0.493 e. The van der Waals surface area contributed by atoms with Crippen molar-refractivity contribution in [2.75, 3.05) is 46.0 Å². The Morgan fingerprint density at radius 3 is 2.67 bits per heavy atom. The molecule has 33 heavy (non-hydrogen) atoms. The summed E-state index contributed by atoms with van der Waals surface area (Å²) in [4.78, 5) is 4.67. The molecule has 0 spiro atoms. The van der Waals surface area contributed by atoms with E-state index in [-0.39, 0.29) is 12.4 Å². The first-order chi connectivity index (χ1) is 15.7. The number of rotatable bonds is 10. The zero-order valence-electron chi connectivity index (χ0n) is 18.3. The minimum absolute atomic E-state index is 0. The van der Waals surface area contributed by atoms with Gasteiger partial charge in [-0.25, -0.2) is 4.98 Å². The molecule has 172 valence electrons. The molecule has 2 aliphatic rings. The Balaban J connectivity index is 0.00000306. The lowest BCUT2D eigenvalue weighted by Gasteiger charge is -2.14. The average Bonchev–Trinajstić information content (AvgIpc) is 3.23. The molecule has 0 fully saturated rings. The van der Waals surface area contributed by atoms with Crippen LogP contribution in [0.3, 0.4) is 0 Å². The predicted octanol–water partition coefficient (Wildman–Crippen LogP) is 5.02. The van der Waals surface area contributed by atoms with Gasteiger partial charge in [0.1, 0.15) is 18.5 Å². The molecule has 4 rings (SSSR count). The number of fused-ring (bicyclic) bond motifs is 2. The molecule has 9 heteroatoms. The van der Waals surface area contributed by atoms with Gasteiger partial charge in [0.05, 0.1) is 50.0 Å². The lowest BCUT2D eigenvalue weighted by atomic mass is 10.1. The van der Waals surface area contributed by atoms with Crippen molar-refractivity contribution in [2.24, 2.45) is 0 Å². The maximum Gasteiger partial charge on any atom is 0.163 e. The molecule has 2 aromatic rings. The second-order valence-corrected chi connectivity index (χ2v) is 6.92. The normalized spacial score (nSPS) is 10.6. The number of pyridine rings is 1. The van der Waals surface area contributed by atoms with Crippen molar-refractivity contribution in [3.63, 3.8) is 0 Å². The highest BCUT2D eigenvalue weighted by Gasteiger charge is 2.16. The summed E-state index contributed by atoms with van der Waals surface area (Å²) in [6.45, 7) is 1.82. The number of benzene rings is 1. The highest BCUT2D eigenvalue weighted by Crippen LogP contribution is 2.36. The first-order valence-corrected chi connectivity index (χ1v) is 10.1. The monoisotopic (exact) mass is 469 g/mol. The van der Waals surface area contributed by atoms with Gasteiger partial charge in [-0.15, -0.1) is 12.4 Å². The number of nitriles is 1. The van der Waals surface area contributed by atoms with Gasteiger partial charge in [-0.1, -0.05) is 0 Å². The fourth-order valence-electron chi connectivity index (χ4n) is 3.31. The van der Waals surface area contributed by atoms with Gasteiger partial charge in [-0.3, -0.25) is 0 Å². The summed E-state index contributed by atoms with van der Waals surface area (Å²) in [5.41, 5.74) is 2.77. The molecule has 0 saturated heterocycles. The lowest BCUT2D eigenvalue weighted by Crippen LogP contribution is -2.10. The van der Waals surface area contributed by atoms with Crippen LogP contribution in [0.15, 0.2) is 53.1 Å². The molecule has 1 aliphatic heterocycles. The Morgan fingerprint density at radius 2 is 1.88 bits per heavy atom. The third-order valence-corrected chi connectivity index (χ3v) is 4.87. The third kappa shape index (κ3) is 5.46. The number of ether oxygens (including phenoxy) is 4. The number of hydrogen-bond acceptors (Lipinski definition) is 8. The number of nitrogens with zero attached hydrogens (tertiary/aromatic N) is 2. The lowest BCUT2D eigenvalue weighted by molar-refractivity contribution is 0.0540. The molecule has 0 unspecified atom stereocenters. The van der Waals surface area contributed by atoms with Gasteiger partial charge in [0, 0.05) is 24.1 Å². The number of aromatic nitrogens is 1. The van der Waals surface area contributed by atoms with Crippen LogP contribution in [0.2, 0.25) is 0 Å². The van der Waals surface area contributed by atoms with Crippen LogP contribution in [0, 0.1) is 11.3 Å². The van der Waals surface area contributed by atoms with E-state index in [2.05, 4.69) is 16.4 Å². The van der Waals surface area contributed by atoms with E-state index < -0.39 is 0 Å². The van der Waals surface area contributed by atoms with E-state index in [4.69, 9.17) is 23.4 Å². The minimum atomic E-state index is 0. The second-order valence-electron chi connectivity index (χ2n) is 6.92. The summed E-state index contributed by atoms with van der Waals surface area (Å²) in [5, 5.41) is 13.7. The van der Waals surface area contributed by atoms with Crippen molar-refractivity contribution in [3.05, 3.63) is 54.3 Å². The molecule has 0 bridgehead atoms. The number of halogens is 1. The van der Waals surface area contributed by atoms with Gasteiger partial charge in [0.2, 0.25) is 0 Å². The quantitative estimate of drug-likeness (QED) is 0.323. The van der Waals surface area contributed by atoms with E-state index in [1.165, 1.54) is 0 Å². The summed E-state index contributed by atoms with van der Waals surface area (Å²) in [5.74, 6) is 2.24. The molecule has 1 aromatic carbocycles. The first kappa shape index (κ1) is 24.1. The van der Waals surface area contributed by atoms with E-state index in [1.54, 1.807) is 38.7 Å². The number of methoxy groups -OCH3 is 2. The van der Waals surface area contributed by atoms with Crippen molar-refractivity contribution in [1.29, 1.82) is 5.26 Å². The van der Waals surface area contributed by atoms with Gasteiger partial charge < -0.3 is 28.7 Å². The van der Waals surface area contributed by atoms with Crippen molar-refractivity contribution in [1.82, 2.24) is 4.98 Å². The number of hydrogen-bond donors (Lipinski definition) is 1. The molecule has 1 N–H and O–H groups in total. The fraction of sp³-hybridized carbons (Fsp3) is 0.250. The maximum absolute atomic E-state index is 9.67. The maximum atomic E-state index is 9.67. The predicted molar refractivity (Wildman–Crippen MR) is 127 cm³/mol. The zero-order valence-corrected chi connectivity index (χ0v) is 19.1. The number of nitrogens with one attached hydrogen (secondary N) is 1. The molecular weight excluding hydrogens is 446 g/mol. The Labute approximate surface area is 197 Å². The van der Waals surface area contributed by atoms with E-state index >= 15 is 0 Å². The highest BCUT2D eigenvalue weighted by atomic mass is 35.5. The van der Waals surface area contributed by atoms with Gasteiger partial charge in [-0.05, 0) is 36.4 Å². The van der Waals surface area contributed by atoms with Crippen LogP contribution in [0.5, 0.6) is 11.5 Å². The highest BCUT2D eigenvalue weighted by molar-refractivity contribution is 5.88. The van der Waals surface area contributed by atoms with Gasteiger partial charge in [0.15, 0.2) is 17.3 Å². The molecule has 0 amide bonds. The summed E-state index contributed by atoms with van der Waals surface area (Å²) in [6, 6.07) is 15.2. The van der Waals surface area contributed by atoms with Crippen LogP contribution >= 0.6 is 12.4 Å². The van der Waals surface area contributed by atoms with Crippen LogP contribution in [-0.4, -0.2) is 45.6 Å². The second kappa shape index (κ2) is 11.4. The van der Waals surface area contributed by atoms with Crippen LogP contribution in [-0.2, 0) is 9.47 Å². The zero-order chi connectivity index (χ0) is 22.3. The summed E-state index contributed by atoms with van der Waals surface area (Å²) in [6.07, 6.45) is 1.61. The third-order valence-electron chi connectivity index (χ3n) is 4.87. The summed E-state index contributed by atoms with van der Waals surface area (Å²) < 4.78 is 27.3. The average molecular weight is 470 g/mol. The van der Waals surface area contributed by atoms with E-state index in [0.717, 1.165) is 16.6 Å². The Morgan fingerprint density at radius 1 is 1.03 bits per heavy atom. The first-order valence-electron chi connectivity index (χ1n) is 10.1. The molecule has 1 aromatic heterocycles. The van der Waals surface area contributed by atoms with Crippen molar-refractivity contribution < 1.29 is 23.4 Å². The van der Waals surface area contributed by atoms with Gasteiger partial charge in [-0.2, -0.15) is 5.26 Å². The van der Waals surface area contributed by atoms with Gasteiger partial charge >= 0.3 is 0 Å². The number of anilines is 2. The summed E-state index contributed by atoms with van der Waals surface area (Å²) >= 11 is 0. The standard InChI is InChI=1S/C24H23N3O5.ClH/c1-28-8-9-30-10-11-31-22-14-20-17(13-21(22)29-2)12-18(15-25)24(27-20)26-19-6-5-16-4-3-7-32-23(16)19;/h3-7,12-14H,8-11H2,1-2H3,(H,26,27);1H. The molecule has 1 aliphatic carbocycles. The molecule has 2 heterocycles. The molecule has 0 radical (unpaired) electrons. The van der Waals surface area contributed by atoms with Crippen LogP contribution in [0.25, 0.3) is 22.2 Å². The molecular formula is C24H24ClN3O5. The van der Waals surface area contributed by atoms with E-state index in [0.29, 0.717) is 60.6 Å². The van der Waals surface area contributed by atoms with E-state index in [9.17, 15) is 5.26 Å². The summed E-state index contributed by atoms with van der Waals surface area (Å²) in [7, 11) is 3.20. The van der Waals surface area contributed by atoms with Crippen molar-refractivity contribution >= 4 is 34.8 Å². The van der Waals surface area contributed by atoms with Crippen molar-refractivity contribution in [2.45, 2.75) is 0 Å². The Hall–Kier alpha value is -3.51. The van der Waals surface area contributed by atoms with Crippen LogP contribution in [0.1, 0.15) is 5.56 Å². The smallest absolute Gasteiger partial charge is 0.163 e. The topological polar surface area (TPSA) is 98.8 Å². The van der Waals surface area contributed by atoms with Crippen LogP contribution in [0.4, 0.5) is 11.5 Å². The van der Waals surface area contributed by atoms with Gasteiger partial charge in [0.25, 0.3) is 0 Å². The SMILES string of the molecule is COCCOCCOc1cc2nc(Nc3ccc4cccoc3-4)c(C#N)cc2cc1OC.Cl.